The first-order valence-electron chi connectivity index (χ1n) is 9.04. The Labute approximate surface area is 166 Å². The molecule has 6 nitrogen and oxygen atoms in total. The molecule has 152 valence electrons. The highest BCUT2D eigenvalue weighted by atomic mass is 32.2. The molecule has 1 fully saturated rings. The lowest BCUT2D eigenvalue weighted by molar-refractivity contribution is 0.190. The van der Waals surface area contributed by atoms with Crippen molar-refractivity contribution in [1.82, 2.24) is 0 Å². The predicted octanol–water partition coefficient (Wildman–Crippen LogP) is 2.92. The molecule has 28 heavy (non-hydrogen) atoms. The summed E-state index contributed by atoms with van der Waals surface area (Å²) < 4.78 is 68.9. The van der Waals surface area contributed by atoms with Crippen LogP contribution in [0.1, 0.15) is 35.1 Å². The van der Waals surface area contributed by atoms with Gasteiger partial charge < -0.3 is 9.11 Å². The second kappa shape index (κ2) is 7.59. The summed E-state index contributed by atoms with van der Waals surface area (Å²) in [6.07, 6.45) is 2.57. The summed E-state index contributed by atoms with van der Waals surface area (Å²) in [6.45, 7) is 3.69. The van der Waals surface area contributed by atoms with Gasteiger partial charge in [0.2, 0.25) is 0 Å². The van der Waals surface area contributed by atoms with Crippen molar-refractivity contribution in [3.63, 3.8) is 0 Å². The lowest BCUT2D eigenvalue weighted by Crippen LogP contribution is -2.28. The number of benzene rings is 2. The van der Waals surface area contributed by atoms with Gasteiger partial charge in [0.1, 0.15) is 20.2 Å². The third-order valence-electron chi connectivity index (χ3n) is 5.32. The van der Waals surface area contributed by atoms with Crippen LogP contribution in [0.15, 0.2) is 46.2 Å². The Morgan fingerprint density at radius 3 is 1.43 bits per heavy atom. The van der Waals surface area contributed by atoms with Crippen molar-refractivity contribution in [2.24, 2.45) is 11.8 Å². The summed E-state index contributed by atoms with van der Waals surface area (Å²) in [5, 5.41) is 0. The minimum Gasteiger partial charge on any atom is -0.744 e. The van der Waals surface area contributed by atoms with Crippen LogP contribution in [-0.4, -0.2) is 25.9 Å². The van der Waals surface area contributed by atoms with E-state index in [1.54, 1.807) is 24.3 Å². The van der Waals surface area contributed by atoms with Gasteiger partial charge in [-0.3, -0.25) is 0 Å². The number of rotatable bonds is 6. The van der Waals surface area contributed by atoms with Crippen LogP contribution < -0.4 is 0 Å². The van der Waals surface area contributed by atoms with E-state index < -0.39 is 20.2 Å². The van der Waals surface area contributed by atoms with E-state index >= 15 is 0 Å². The fourth-order valence-corrected chi connectivity index (χ4v) is 5.45. The molecule has 0 bridgehead atoms. The van der Waals surface area contributed by atoms with Gasteiger partial charge in [-0.1, -0.05) is 35.4 Å². The molecule has 0 spiro atoms. The maximum absolute atomic E-state index is 11.5. The molecule has 0 heterocycles. The molecule has 0 N–H and O–H groups in total. The van der Waals surface area contributed by atoms with Gasteiger partial charge in [-0.05, 0) is 74.6 Å². The Morgan fingerprint density at radius 1 is 0.750 bits per heavy atom. The Morgan fingerprint density at radius 2 is 1.11 bits per heavy atom. The van der Waals surface area contributed by atoms with Gasteiger partial charge in [0.05, 0.1) is 9.79 Å². The Hall–Kier alpha value is -1.74. The van der Waals surface area contributed by atoms with Gasteiger partial charge in [-0.15, -0.1) is 0 Å². The van der Waals surface area contributed by atoms with Crippen molar-refractivity contribution in [2.45, 2.75) is 49.3 Å². The average Bonchev–Trinajstić information content (AvgIpc) is 2.50. The summed E-state index contributed by atoms with van der Waals surface area (Å²) in [7, 11) is -9.04. The zero-order valence-corrected chi connectivity index (χ0v) is 17.3. The molecule has 0 amide bonds. The van der Waals surface area contributed by atoms with Crippen molar-refractivity contribution < 1.29 is 25.9 Å². The highest BCUT2D eigenvalue weighted by Crippen LogP contribution is 2.40. The third-order valence-corrected chi connectivity index (χ3v) is 7.20. The maximum Gasteiger partial charge on any atom is 0.124 e. The molecule has 0 aromatic heterocycles. The molecule has 3 rings (SSSR count). The molecule has 0 unspecified atom stereocenters. The Bertz CT molecular complexity index is 1010. The van der Waals surface area contributed by atoms with E-state index in [1.807, 2.05) is 13.8 Å². The van der Waals surface area contributed by atoms with Crippen LogP contribution >= 0.6 is 0 Å². The van der Waals surface area contributed by atoms with Crippen LogP contribution in [0.5, 0.6) is 0 Å². The van der Waals surface area contributed by atoms with Crippen LogP contribution in [0.3, 0.4) is 0 Å². The zero-order valence-electron chi connectivity index (χ0n) is 15.7. The number of hydrogen-bond donors (Lipinski definition) is 0. The highest BCUT2D eigenvalue weighted by molar-refractivity contribution is 7.86. The minimum atomic E-state index is -4.52. The summed E-state index contributed by atoms with van der Waals surface area (Å²) in [5.41, 5.74) is 2.86. The van der Waals surface area contributed by atoms with Crippen molar-refractivity contribution in [2.75, 3.05) is 0 Å². The zero-order chi connectivity index (χ0) is 20.7. The molecule has 2 aromatic rings. The monoisotopic (exact) mass is 422 g/mol. The minimum absolute atomic E-state index is 0.167. The second-order valence-corrected chi connectivity index (χ2v) is 10.4. The summed E-state index contributed by atoms with van der Waals surface area (Å²) in [6, 6.07) is 9.42. The number of aryl methyl sites for hydroxylation is 2. The van der Waals surface area contributed by atoms with Gasteiger partial charge in [0.25, 0.3) is 0 Å². The smallest absolute Gasteiger partial charge is 0.124 e. The molecule has 1 aliphatic rings. The summed E-state index contributed by atoms with van der Waals surface area (Å²) in [5.74, 6) is 0.453. The fraction of sp³-hybridized carbons (Fsp3) is 0.400. The van der Waals surface area contributed by atoms with Gasteiger partial charge >= 0.3 is 0 Å². The van der Waals surface area contributed by atoms with Crippen molar-refractivity contribution >= 4 is 20.2 Å². The molecule has 2 aromatic carbocycles. The van der Waals surface area contributed by atoms with Crippen LogP contribution in [0.25, 0.3) is 0 Å². The topological polar surface area (TPSA) is 114 Å². The predicted molar refractivity (Wildman–Crippen MR) is 102 cm³/mol. The van der Waals surface area contributed by atoms with Crippen LogP contribution in [0.4, 0.5) is 0 Å². The van der Waals surface area contributed by atoms with E-state index in [4.69, 9.17) is 0 Å². The highest BCUT2D eigenvalue weighted by Gasteiger charge is 2.31. The van der Waals surface area contributed by atoms with Crippen LogP contribution in [0, 0.1) is 25.7 Å². The molecule has 8 heteroatoms. The normalized spacial score (nSPS) is 20.0. The molecular formula is C20H22O6S2-2. The quantitative estimate of drug-likeness (QED) is 0.661. The van der Waals surface area contributed by atoms with Gasteiger partial charge in [0, 0.05) is 0 Å². The molecule has 0 aliphatic heterocycles. The van der Waals surface area contributed by atoms with Crippen LogP contribution in [0.2, 0.25) is 0 Å². The Balaban J connectivity index is 1.70. The van der Waals surface area contributed by atoms with E-state index in [0.717, 1.165) is 24.0 Å². The lowest BCUT2D eigenvalue weighted by Gasteiger charge is -2.36. The second-order valence-electron chi connectivity index (χ2n) is 7.74. The molecule has 0 atom stereocenters. The molecule has 0 radical (unpaired) electrons. The standard InChI is InChI=1S/C20H24O6S2/c1-13-3-5-19(27(21,22)23)17(7-13)11-15-9-16(10-15)12-18-8-14(2)4-6-20(18)28(24,25)26/h3-8,15-16H,9-12H2,1-2H3,(H,21,22,23)(H,24,25,26)/p-2. The van der Waals surface area contributed by atoms with Crippen molar-refractivity contribution in [3.8, 4) is 0 Å². The van der Waals surface area contributed by atoms with Crippen molar-refractivity contribution in [3.05, 3.63) is 58.7 Å². The molecule has 1 saturated carbocycles. The molecule has 1 aliphatic carbocycles. The van der Waals surface area contributed by atoms with Gasteiger partial charge in [0.15, 0.2) is 0 Å². The Kier molecular flexibility index (Phi) is 5.69. The first-order chi connectivity index (χ1) is 12.9. The van der Waals surface area contributed by atoms with E-state index in [9.17, 15) is 25.9 Å². The van der Waals surface area contributed by atoms with Crippen LogP contribution in [-0.2, 0) is 33.1 Å². The van der Waals surface area contributed by atoms with E-state index in [2.05, 4.69) is 0 Å². The fourth-order valence-electron chi connectivity index (χ4n) is 4.05. The summed E-state index contributed by atoms with van der Waals surface area (Å²) >= 11 is 0. The average molecular weight is 423 g/mol. The van der Waals surface area contributed by atoms with E-state index in [1.165, 1.54) is 12.1 Å². The van der Waals surface area contributed by atoms with Crippen molar-refractivity contribution in [1.29, 1.82) is 0 Å². The largest absolute Gasteiger partial charge is 0.744 e. The lowest BCUT2D eigenvalue weighted by atomic mass is 9.70. The summed E-state index contributed by atoms with van der Waals surface area (Å²) in [4.78, 5) is -0.333. The number of hydrogen-bond acceptors (Lipinski definition) is 6. The van der Waals surface area contributed by atoms with Gasteiger partial charge in [-0.2, -0.15) is 0 Å². The molecular weight excluding hydrogens is 400 g/mol. The SMILES string of the molecule is Cc1ccc(S(=O)(=O)[O-])c(CC2CC(Cc3cc(C)ccc3S(=O)(=O)[O-])C2)c1. The maximum atomic E-state index is 11.5. The van der Waals surface area contributed by atoms with Gasteiger partial charge in [-0.25, -0.2) is 16.8 Å². The molecule has 0 saturated heterocycles. The first kappa shape index (κ1) is 21.0. The third kappa shape index (κ3) is 4.81. The van der Waals surface area contributed by atoms with E-state index in [-0.39, 0.29) is 21.6 Å². The van der Waals surface area contributed by atoms with E-state index in [0.29, 0.717) is 24.0 Å². The first-order valence-corrected chi connectivity index (χ1v) is 11.9.